The van der Waals surface area contributed by atoms with E-state index in [9.17, 15) is 4.79 Å². The first kappa shape index (κ1) is 16.4. The molecule has 5 heteroatoms. The van der Waals surface area contributed by atoms with Gasteiger partial charge in [-0.2, -0.15) is 0 Å². The van der Waals surface area contributed by atoms with Crippen molar-refractivity contribution in [2.75, 3.05) is 27.2 Å². The number of thiocarbonyl (C=S) groups is 1. The van der Waals surface area contributed by atoms with Crippen molar-refractivity contribution in [3.05, 3.63) is 0 Å². The number of carbonyl (C=O) groups is 1. The van der Waals surface area contributed by atoms with Gasteiger partial charge in [0, 0.05) is 26.1 Å². The smallest absolute Gasteiger partial charge is 0.236 e. The van der Waals surface area contributed by atoms with Crippen LogP contribution < -0.4 is 5.73 Å². The summed E-state index contributed by atoms with van der Waals surface area (Å²) >= 11 is 4.84. The lowest BCUT2D eigenvalue weighted by Gasteiger charge is -2.28. The van der Waals surface area contributed by atoms with E-state index in [1.54, 1.807) is 4.90 Å². The van der Waals surface area contributed by atoms with Crippen LogP contribution in [0, 0.1) is 0 Å². The number of nitrogens with zero attached hydrogens (tertiary/aromatic N) is 2. The fourth-order valence-corrected chi connectivity index (χ4v) is 2.66. The highest BCUT2D eigenvalue weighted by Gasteiger charge is 2.20. The van der Waals surface area contributed by atoms with Crippen molar-refractivity contribution in [2.24, 2.45) is 5.73 Å². The van der Waals surface area contributed by atoms with Crippen LogP contribution in [0.2, 0.25) is 0 Å². The molecule has 0 bridgehead atoms. The molecule has 4 nitrogen and oxygen atoms in total. The Hall–Kier alpha value is -0.680. The van der Waals surface area contributed by atoms with Crippen molar-refractivity contribution >= 4 is 23.1 Å². The first-order valence-corrected chi connectivity index (χ1v) is 7.64. The number of hydrogen-bond donors (Lipinski definition) is 1. The Morgan fingerprint density at radius 2 is 1.79 bits per heavy atom. The quantitative estimate of drug-likeness (QED) is 0.597. The lowest BCUT2D eigenvalue weighted by atomic mass is 10.1. The van der Waals surface area contributed by atoms with Gasteiger partial charge in [-0.15, -0.1) is 0 Å². The number of likely N-dealkylation sites (N-methyl/N-ethyl adjacent to an activating group) is 2. The van der Waals surface area contributed by atoms with E-state index < -0.39 is 0 Å². The van der Waals surface area contributed by atoms with E-state index in [0.29, 0.717) is 30.5 Å². The summed E-state index contributed by atoms with van der Waals surface area (Å²) < 4.78 is 0. The lowest BCUT2D eigenvalue weighted by molar-refractivity contribution is -0.131. The summed E-state index contributed by atoms with van der Waals surface area (Å²) in [5.41, 5.74) is 5.46. The number of amides is 1. The molecule has 0 aromatic rings. The first-order chi connectivity index (χ1) is 9.00. The predicted octanol–water partition coefficient (Wildman–Crippen LogP) is 1.78. The van der Waals surface area contributed by atoms with Crippen LogP contribution in [0.1, 0.15) is 44.9 Å². The third kappa shape index (κ3) is 6.34. The van der Waals surface area contributed by atoms with Crippen molar-refractivity contribution in [3.8, 4) is 0 Å². The minimum atomic E-state index is 0.156. The Morgan fingerprint density at radius 3 is 2.32 bits per heavy atom. The highest BCUT2D eigenvalue weighted by Crippen LogP contribution is 2.20. The minimum absolute atomic E-state index is 0.156. The third-order valence-electron chi connectivity index (χ3n) is 3.95. The van der Waals surface area contributed by atoms with Gasteiger partial charge in [-0.05, 0) is 19.9 Å². The Morgan fingerprint density at radius 1 is 1.21 bits per heavy atom. The summed E-state index contributed by atoms with van der Waals surface area (Å²) in [7, 11) is 3.89. The second-order valence-electron chi connectivity index (χ2n) is 5.59. The van der Waals surface area contributed by atoms with Gasteiger partial charge in [0.05, 0.1) is 11.5 Å². The largest absolute Gasteiger partial charge is 0.393 e. The van der Waals surface area contributed by atoms with Gasteiger partial charge in [0.25, 0.3) is 0 Å². The molecule has 0 heterocycles. The molecule has 1 aliphatic rings. The molecule has 0 unspecified atom stereocenters. The van der Waals surface area contributed by atoms with E-state index in [1.165, 1.54) is 38.5 Å². The molecular formula is C14H27N3OS. The molecule has 1 rings (SSSR count). The lowest BCUT2D eigenvalue weighted by Crippen LogP contribution is -2.42. The topological polar surface area (TPSA) is 49.6 Å². The van der Waals surface area contributed by atoms with Crippen LogP contribution >= 0.6 is 12.2 Å². The van der Waals surface area contributed by atoms with E-state index in [4.69, 9.17) is 18.0 Å². The number of nitrogens with two attached hydrogens (primary N) is 1. The first-order valence-electron chi connectivity index (χ1n) is 7.23. The van der Waals surface area contributed by atoms with Crippen molar-refractivity contribution in [3.63, 3.8) is 0 Å². The average molecular weight is 285 g/mol. The number of hydrogen-bond acceptors (Lipinski definition) is 3. The molecule has 1 saturated carbocycles. The highest BCUT2D eigenvalue weighted by atomic mass is 32.1. The molecule has 0 aromatic heterocycles. The molecule has 0 atom stereocenters. The zero-order valence-electron chi connectivity index (χ0n) is 12.2. The van der Waals surface area contributed by atoms with Gasteiger partial charge in [0.2, 0.25) is 5.91 Å². The highest BCUT2D eigenvalue weighted by molar-refractivity contribution is 7.80. The normalized spacial score (nSPS) is 17.2. The Balaban J connectivity index is 2.35. The molecule has 0 spiro atoms. The molecular weight excluding hydrogens is 258 g/mol. The Labute approximate surface area is 122 Å². The van der Waals surface area contributed by atoms with E-state index in [-0.39, 0.29) is 5.91 Å². The Bertz CT molecular complexity index is 301. The maximum atomic E-state index is 12.1. The molecule has 0 aliphatic heterocycles. The standard InChI is InChI=1S/C14H27N3OS/c1-16(10-9-13(15)19)14(18)11-17(2)12-7-5-3-4-6-8-12/h12H,3-11H2,1-2H3,(H2,15,19). The minimum Gasteiger partial charge on any atom is -0.393 e. The van der Waals surface area contributed by atoms with Gasteiger partial charge in [-0.1, -0.05) is 37.9 Å². The van der Waals surface area contributed by atoms with Gasteiger partial charge >= 0.3 is 0 Å². The van der Waals surface area contributed by atoms with Gasteiger partial charge < -0.3 is 10.6 Å². The van der Waals surface area contributed by atoms with Crippen LogP contribution in [0.3, 0.4) is 0 Å². The molecule has 0 radical (unpaired) electrons. The fraction of sp³-hybridized carbons (Fsp3) is 0.857. The van der Waals surface area contributed by atoms with E-state index in [1.807, 2.05) is 7.05 Å². The maximum absolute atomic E-state index is 12.1. The van der Waals surface area contributed by atoms with Crippen LogP contribution in [0.5, 0.6) is 0 Å². The van der Waals surface area contributed by atoms with E-state index in [0.717, 1.165) is 0 Å². The number of rotatable bonds is 6. The molecule has 0 saturated heterocycles. The van der Waals surface area contributed by atoms with Crippen LogP contribution in [0.4, 0.5) is 0 Å². The van der Waals surface area contributed by atoms with Crippen molar-refractivity contribution in [1.29, 1.82) is 0 Å². The second kappa shape index (κ2) is 8.48. The zero-order valence-corrected chi connectivity index (χ0v) is 13.0. The van der Waals surface area contributed by atoms with Crippen molar-refractivity contribution in [1.82, 2.24) is 9.80 Å². The monoisotopic (exact) mass is 285 g/mol. The van der Waals surface area contributed by atoms with E-state index in [2.05, 4.69) is 11.9 Å². The molecule has 1 fully saturated rings. The summed E-state index contributed by atoms with van der Waals surface area (Å²) in [6, 6.07) is 0.565. The van der Waals surface area contributed by atoms with Gasteiger partial charge in [0.1, 0.15) is 0 Å². The molecule has 19 heavy (non-hydrogen) atoms. The van der Waals surface area contributed by atoms with Crippen LogP contribution in [0.15, 0.2) is 0 Å². The fourth-order valence-electron chi connectivity index (χ4n) is 2.56. The number of carbonyl (C=O) groups excluding carboxylic acids is 1. The van der Waals surface area contributed by atoms with Crippen molar-refractivity contribution < 1.29 is 4.79 Å². The third-order valence-corrected chi connectivity index (χ3v) is 4.16. The summed E-state index contributed by atoms with van der Waals surface area (Å²) in [4.78, 5) is 16.5. The van der Waals surface area contributed by atoms with Gasteiger partial charge in [-0.3, -0.25) is 9.69 Å². The zero-order chi connectivity index (χ0) is 14.3. The van der Waals surface area contributed by atoms with E-state index >= 15 is 0 Å². The summed E-state index contributed by atoms with van der Waals surface area (Å²) in [5.74, 6) is 0.156. The molecule has 0 aromatic carbocycles. The summed E-state index contributed by atoms with van der Waals surface area (Å²) in [5, 5.41) is 0. The molecule has 2 N–H and O–H groups in total. The van der Waals surface area contributed by atoms with Gasteiger partial charge in [0.15, 0.2) is 0 Å². The second-order valence-corrected chi connectivity index (χ2v) is 6.12. The average Bonchev–Trinajstić information content (AvgIpc) is 2.64. The maximum Gasteiger partial charge on any atom is 0.236 e. The summed E-state index contributed by atoms with van der Waals surface area (Å²) in [6.07, 6.45) is 8.31. The van der Waals surface area contributed by atoms with Gasteiger partial charge in [-0.25, -0.2) is 0 Å². The van der Waals surface area contributed by atoms with Crippen LogP contribution in [0.25, 0.3) is 0 Å². The van der Waals surface area contributed by atoms with Crippen molar-refractivity contribution in [2.45, 2.75) is 51.0 Å². The summed E-state index contributed by atoms with van der Waals surface area (Å²) in [6.45, 7) is 1.12. The van der Waals surface area contributed by atoms with Crippen LogP contribution in [-0.4, -0.2) is 53.9 Å². The SMILES string of the molecule is CN(CCC(N)=S)C(=O)CN(C)C1CCCCCC1. The Kier molecular flexibility index (Phi) is 7.31. The predicted molar refractivity (Wildman–Crippen MR) is 83.2 cm³/mol. The van der Waals surface area contributed by atoms with Crippen LogP contribution in [-0.2, 0) is 4.79 Å². The molecule has 110 valence electrons. The molecule has 1 aliphatic carbocycles. The molecule has 1 amide bonds.